The lowest BCUT2D eigenvalue weighted by atomic mass is 9.91. The molecule has 0 aromatic carbocycles. The Labute approximate surface area is 188 Å². The number of nitrogens with one attached hydrogen (secondary N) is 4. The van der Waals surface area contributed by atoms with Gasteiger partial charge in [0.15, 0.2) is 0 Å². The largest absolute Gasteiger partial charge is 0.467 e. The molecule has 3 atom stereocenters. The van der Waals surface area contributed by atoms with Gasteiger partial charge in [0.05, 0.1) is 7.11 Å². The highest BCUT2D eigenvalue weighted by Gasteiger charge is 2.41. The molecule has 1 saturated heterocycles. The van der Waals surface area contributed by atoms with Crippen LogP contribution < -0.4 is 16.0 Å². The van der Waals surface area contributed by atoms with Crippen molar-refractivity contribution in [2.24, 2.45) is 11.8 Å². The first-order chi connectivity index (χ1) is 15.0. The van der Waals surface area contributed by atoms with E-state index in [4.69, 9.17) is 4.74 Å². The van der Waals surface area contributed by atoms with E-state index in [9.17, 15) is 19.2 Å². The average Bonchev–Trinajstić information content (AvgIpc) is 3.41. The molecule has 3 amide bonds. The topological polar surface area (TPSA) is 129 Å². The van der Waals surface area contributed by atoms with E-state index in [2.05, 4.69) is 20.9 Å². The third-order valence-corrected chi connectivity index (χ3v) is 6.32. The minimum absolute atomic E-state index is 0.140. The fourth-order valence-corrected chi connectivity index (χ4v) is 4.24. The van der Waals surface area contributed by atoms with E-state index < -0.39 is 29.9 Å². The molecule has 1 unspecified atom stereocenters. The van der Waals surface area contributed by atoms with Gasteiger partial charge in [0.1, 0.15) is 17.8 Å². The second-order valence-electron chi connectivity index (χ2n) is 9.79. The fourth-order valence-electron chi connectivity index (χ4n) is 4.24. The van der Waals surface area contributed by atoms with Gasteiger partial charge in [-0.15, -0.1) is 0 Å². The zero-order chi connectivity index (χ0) is 23.6. The van der Waals surface area contributed by atoms with Crippen molar-refractivity contribution >= 4 is 23.7 Å². The third-order valence-electron chi connectivity index (χ3n) is 6.32. The number of aromatic nitrogens is 1. The van der Waals surface area contributed by atoms with Crippen LogP contribution in [0.2, 0.25) is 0 Å². The van der Waals surface area contributed by atoms with Crippen LogP contribution in [-0.2, 0) is 19.1 Å². The van der Waals surface area contributed by atoms with E-state index in [-0.39, 0.29) is 23.8 Å². The highest BCUT2D eigenvalue weighted by molar-refractivity contribution is 5.97. The lowest BCUT2D eigenvalue weighted by Crippen LogP contribution is -2.52. The average molecular weight is 447 g/mol. The van der Waals surface area contributed by atoms with Crippen LogP contribution in [0, 0.1) is 25.7 Å². The molecule has 1 aromatic rings. The predicted molar refractivity (Wildman–Crippen MR) is 118 cm³/mol. The van der Waals surface area contributed by atoms with E-state index in [0.717, 1.165) is 24.1 Å². The summed E-state index contributed by atoms with van der Waals surface area (Å²) < 4.78 is 4.87. The molecule has 3 rings (SSSR count). The number of carbonyl (C=O) groups is 4. The Morgan fingerprint density at radius 1 is 1.16 bits per heavy atom. The van der Waals surface area contributed by atoms with Crippen molar-refractivity contribution in [2.75, 3.05) is 7.11 Å². The standard InChI is InChI=1S/C23H34N4O5/c1-12-8-16(24-13(12)2)20(29)25-17(9-14-6-7-14)21(30)26-18(22(31)32-5)10-15-11-23(3,4)27-19(15)28/h8,14-15,17-18,24H,6-7,9-11H2,1-5H3,(H,25,29)(H,26,30)(H,27,28)/t15-,17+,18?/m1/s1. The number of hydrogen-bond donors (Lipinski definition) is 4. The van der Waals surface area contributed by atoms with Crippen LogP contribution in [-0.4, -0.2) is 53.4 Å². The van der Waals surface area contributed by atoms with Crippen LogP contribution in [0.3, 0.4) is 0 Å². The molecule has 32 heavy (non-hydrogen) atoms. The molecule has 9 heteroatoms. The number of rotatable bonds is 9. The van der Waals surface area contributed by atoms with Crippen molar-refractivity contribution in [3.8, 4) is 0 Å². The molecule has 2 aliphatic rings. The fraction of sp³-hybridized carbons (Fsp3) is 0.652. The zero-order valence-corrected chi connectivity index (χ0v) is 19.5. The Balaban J connectivity index is 1.69. The summed E-state index contributed by atoms with van der Waals surface area (Å²) in [4.78, 5) is 53.6. The first-order valence-electron chi connectivity index (χ1n) is 11.2. The van der Waals surface area contributed by atoms with Crippen molar-refractivity contribution in [3.63, 3.8) is 0 Å². The molecule has 0 bridgehead atoms. The molecular weight excluding hydrogens is 412 g/mol. The smallest absolute Gasteiger partial charge is 0.328 e. The molecule has 1 aliphatic heterocycles. The zero-order valence-electron chi connectivity index (χ0n) is 19.5. The molecule has 4 N–H and O–H groups in total. The maximum absolute atomic E-state index is 13.1. The van der Waals surface area contributed by atoms with Gasteiger partial charge in [-0.05, 0) is 64.5 Å². The highest BCUT2D eigenvalue weighted by Crippen LogP contribution is 2.34. The molecule has 0 spiro atoms. The lowest BCUT2D eigenvalue weighted by molar-refractivity contribution is -0.146. The molecule has 9 nitrogen and oxygen atoms in total. The Hall–Kier alpha value is -2.84. The summed E-state index contributed by atoms with van der Waals surface area (Å²) in [5, 5.41) is 8.44. The van der Waals surface area contributed by atoms with E-state index in [1.54, 1.807) is 6.07 Å². The van der Waals surface area contributed by atoms with Crippen molar-refractivity contribution in [2.45, 2.75) is 77.4 Å². The van der Waals surface area contributed by atoms with Gasteiger partial charge in [-0.2, -0.15) is 0 Å². The second-order valence-corrected chi connectivity index (χ2v) is 9.79. The quantitative estimate of drug-likeness (QED) is 0.427. The number of H-pyrrole nitrogens is 1. The van der Waals surface area contributed by atoms with Crippen LogP contribution in [0.15, 0.2) is 6.07 Å². The van der Waals surface area contributed by atoms with Gasteiger partial charge >= 0.3 is 5.97 Å². The number of methoxy groups -OCH3 is 1. The molecule has 1 saturated carbocycles. The molecule has 0 radical (unpaired) electrons. The molecular formula is C23H34N4O5. The number of aryl methyl sites for hydroxylation is 2. The lowest BCUT2D eigenvalue weighted by Gasteiger charge is -2.23. The predicted octanol–water partition coefficient (Wildman–Crippen LogP) is 1.49. The number of ether oxygens (including phenoxy) is 1. The normalized spacial score (nSPS) is 21.4. The van der Waals surface area contributed by atoms with Crippen LogP contribution >= 0.6 is 0 Å². The van der Waals surface area contributed by atoms with Crippen molar-refractivity contribution in [3.05, 3.63) is 23.0 Å². The number of amides is 3. The number of esters is 1. The molecule has 176 valence electrons. The monoisotopic (exact) mass is 446 g/mol. The number of hydrogen-bond acceptors (Lipinski definition) is 5. The summed E-state index contributed by atoms with van der Waals surface area (Å²) in [6.07, 6.45) is 3.23. The Morgan fingerprint density at radius 3 is 2.34 bits per heavy atom. The van der Waals surface area contributed by atoms with Gasteiger partial charge in [0, 0.05) is 17.2 Å². The van der Waals surface area contributed by atoms with E-state index in [0.29, 0.717) is 24.5 Å². The van der Waals surface area contributed by atoms with Gasteiger partial charge in [-0.25, -0.2) is 4.79 Å². The molecule has 1 aromatic heterocycles. The van der Waals surface area contributed by atoms with Gasteiger partial charge in [-0.1, -0.05) is 12.8 Å². The van der Waals surface area contributed by atoms with Gasteiger partial charge in [-0.3, -0.25) is 14.4 Å². The van der Waals surface area contributed by atoms with Crippen molar-refractivity contribution in [1.82, 2.24) is 20.9 Å². The number of aromatic amines is 1. The van der Waals surface area contributed by atoms with Gasteiger partial charge < -0.3 is 25.7 Å². The minimum Gasteiger partial charge on any atom is -0.467 e. The molecule has 2 heterocycles. The van der Waals surface area contributed by atoms with Crippen LogP contribution in [0.1, 0.15) is 67.7 Å². The summed E-state index contributed by atoms with van der Waals surface area (Å²) in [5.41, 5.74) is 1.88. The van der Waals surface area contributed by atoms with E-state index in [1.807, 2.05) is 27.7 Å². The summed E-state index contributed by atoms with van der Waals surface area (Å²) >= 11 is 0. The van der Waals surface area contributed by atoms with Crippen molar-refractivity contribution < 1.29 is 23.9 Å². The highest BCUT2D eigenvalue weighted by atomic mass is 16.5. The SMILES string of the molecule is COC(=O)C(C[C@@H]1CC(C)(C)NC1=O)NC(=O)[C@H](CC1CC1)NC(=O)c1cc(C)c(C)[nH]1. The Morgan fingerprint density at radius 2 is 1.84 bits per heavy atom. The van der Waals surface area contributed by atoms with Crippen LogP contribution in [0.25, 0.3) is 0 Å². The Bertz CT molecular complexity index is 883. The molecule has 2 fully saturated rings. The Kier molecular flexibility index (Phi) is 6.95. The van der Waals surface area contributed by atoms with Crippen LogP contribution in [0.4, 0.5) is 0 Å². The second kappa shape index (κ2) is 9.34. The summed E-state index contributed by atoms with van der Waals surface area (Å²) in [6, 6.07) is -0.000265. The summed E-state index contributed by atoms with van der Waals surface area (Å²) in [5.74, 6) is -1.60. The maximum Gasteiger partial charge on any atom is 0.328 e. The molecule has 1 aliphatic carbocycles. The van der Waals surface area contributed by atoms with E-state index in [1.165, 1.54) is 7.11 Å². The van der Waals surface area contributed by atoms with Crippen molar-refractivity contribution in [1.29, 1.82) is 0 Å². The number of carbonyl (C=O) groups excluding carboxylic acids is 4. The minimum atomic E-state index is -0.967. The maximum atomic E-state index is 13.1. The van der Waals surface area contributed by atoms with Crippen LogP contribution in [0.5, 0.6) is 0 Å². The summed E-state index contributed by atoms with van der Waals surface area (Å²) in [6.45, 7) is 7.62. The first-order valence-corrected chi connectivity index (χ1v) is 11.2. The van der Waals surface area contributed by atoms with E-state index >= 15 is 0 Å². The third kappa shape index (κ3) is 5.89. The first kappa shape index (κ1) is 23.8. The van der Waals surface area contributed by atoms with Gasteiger partial charge in [0.2, 0.25) is 11.8 Å². The van der Waals surface area contributed by atoms with Gasteiger partial charge in [0.25, 0.3) is 5.91 Å². The summed E-state index contributed by atoms with van der Waals surface area (Å²) in [7, 11) is 1.25.